The third kappa shape index (κ3) is 19.0. The number of carbonyl (C=O) groups excluding carboxylic acids is 1. The molecule has 0 spiro atoms. The Balaban J connectivity index is -0.000000149. The maximum Gasteiger partial charge on any atom is 0.241 e. The smallest absolute Gasteiger partial charge is 0.241 e. The Morgan fingerprint density at radius 2 is 1.78 bits per heavy atom. The molecule has 0 saturated heterocycles. The molecule has 0 aromatic carbocycles. The zero-order valence-corrected chi connectivity index (χ0v) is 6.56. The lowest BCUT2D eigenvalue weighted by Crippen LogP contribution is -2.05. The van der Waals surface area contributed by atoms with E-state index in [1.54, 1.807) is 0 Å². The van der Waals surface area contributed by atoms with Crippen molar-refractivity contribution in [3.8, 4) is 0 Å². The monoisotopic (exact) mass is 131 g/mol. The molecule has 0 aromatic rings. The van der Waals surface area contributed by atoms with E-state index in [4.69, 9.17) is 5.73 Å². The molecule has 56 valence electrons. The van der Waals surface area contributed by atoms with Gasteiger partial charge in [-0.2, -0.15) is 0 Å². The van der Waals surface area contributed by atoms with E-state index in [9.17, 15) is 4.79 Å². The summed E-state index contributed by atoms with van der Waals surface area (Å²) in [7, 11) is 0. The molecule has 0 bridgehead atoms. The summed E-state index contributed by atoms with van der Waals surface area (Å²) < 4.78 is 0. The molecule has 0 rings (SSSR count). The van der Waals surface area contributed by atoms with E-state index >= 15 is 0 Å². The molecular formula is C7H17NO. The Kier molecular flexibility index (Phi) is 8.87. The highest BCUT2D eigenvalue weighted by Gasteiger charge is 1.80. The summed E-state index contributed by atoms with van der Waals surface area (Å²) >= 11 is 0. The Hall–Kier alpha value is -0.790. The average Bonchev–Trinajstić information content (AvgIpc) is 1.68. The molecule has 9 heavy (non-hydrogen) atoms. The second-order valence-corrected chi connectivity index (χ2v) is 1.62. The number of nitrogens with two attached hydrogens (primary N) is 1. The molecule has 0 aromatic heterocycles. The number of primary amides is 1. The van der Waals surface area contributed by atoms with Crippen molar-refractivity contribution in [2.75, 3.05) is 0 Å². The number of carbonyl (C=O) groups is 1. The third-order valence-corrected chi connectivity index (χ3v) is 0.431. The van der Waals surface area contributed by atoms with Crippen LogP contribution in [0.25, 0.3) is 0 Å². The topological polar surface area (TPSA) is 43.1 Å². The van der Waals surface area contributed by atoms with Gasteiger partial charge in [0, 0.05) is 7.50 Å². The molecule has 2 N–H and O–H groups in total. The summed E-state index contributed by atoms with van der Waals surface area (Å²) in [5.41, 5.74) is 5.72. The summed E-state index contributed by atoms with van der Waals surface area (Å²) in [6, 6.07) is 0. The molecular weight excluding hydrogens is 114 g/mol. The number of rotatable bonds is 1. The van der Waals surface area contributed by atoms with Crippen molar-refractivity contribution in [2.24, 2.45) is 5.73 Å². The lowest BCUT2D eigenvalue weighted by atomic mass is 10.3. The van der Waals surface area contributed by atoms with Crippen LogP contribution in [-0.4, -0.2) is 5.91 Å². The lowest BCUT2D eigenvalue weighted by Gasteiger charge is -1.80. The SMILES string of the molecule is CC.CC(C)=CC(N)=O.[HH]. The quantitative estimate of drug-likeness (QED) is 0.541. The summed E-state index contributed by atoms with van der Waals surface area (Å²) in [6.45, 7) is 7.65. The highest BCUT2D eigenvalue weighted by atomic mass is 16.1. The third-order valence-electron chi connectivity index (χ3n) is 0.431. The summed E-state index contributed by atoms with van der Waals surface area (Å²) in [4.78, 5) is 9.96. The van der Waals surface area contributed by atoms with Crippen molar-refractivity contribution in [3.63, 3.8) is 0 Å². The molecule has 0 fully saturated rings. The molecule has 0 unspecified atom stereocenters. The number of allylic oxidation sites excluding steroid dienone is 1. The van der Waals surface area contributed by atoms with Gasteiger partial charge < -0.3 is 5.73 Å². The van der Waals surface area contributed by atoms with E-state index in [1.165, 1.54) is 6.08 Å². The van der Waals surface area contributed by atoms with Gasteiger partial charge in [0.25, 0.3) is 0 Å². The van der Waals surface area contributed by atoms with E-state index < -0.39 is 0 Å². The van der Waals surface area contributed by atoms with Crippen LogP contribution >= 0.6 is 0 Å². The molecule has 0 aliphatic rings. The molecule has 2 nitrogen and oxygen atoms in total. The van der Waals surface area contributed by atoms with E-state index in [2.05, 4.69) is 0 Å². The maximum absolute atomic E-state index is 9.96. The van der Waals surface area contributed by atoms with Crippen molar-refractivity contribution in [1.29, 1.82) is 0 Å². The van der Waals surface area contributed by atoms with E-state index in [0.717, 1.165) is 5.57 Å². The summed E-state index contributed by atoms with van der Waals surface area (Å²) in [5.74, 6) is -0.375. The molecule has 2 heteroatoms. The fraction of sp³-hybridized carbons (Fsp3) is 0.571. The minimum atomic E-state index is -0.375. The minimum absolute atomic E-state index is 0. The predicted octanol–water partition coefficient (Wildman–Crippen LogP) is 1.71. The zero-order chi connectivity index (χ0) is 7.86. The van der Waals surface area contributed by atoms with Crippen LogP contribution in [0, 0.1) is 0 Å². The highest BCUT2D eigenvalue weighted by molar-refractivity contribution is 5.86. The highest BCUT2D eigenvalue weighted by Crippen LogP contribution is 1.84. The van der Waals surface area contributed by atoms with Crippen molar-refractivity contribution in [2.45, 2.75) is 27.7 Å². The second-order valence-electron chi connectivity index (χ2n) is 1.62. The van der Waals surface area contributed by atoms with Gasteiger partial charge in [0.05, 0.1) is 0 Å². The summed E-state index contributed by atoms with van der Waals surface area (Å²) in [6.07, 6.45) is 1.39. The van der Waals surface area contributed by atoms with Gasteiger partial charge in [-0.15, -0.1) is 0 Å². The second kappa shape index (κ2) is 7.21. The largest absolute Gasteiger partial charge is 0.366 e. The van der Waals surface area contributed by atoms with Gasteiger partial charge in [0.2, 0.25) is 5.91 Å². The van der Waals surface area contributed by atoms with Crippen LogP contribution in [0.4, 0.5) is 0 Å². The Labute approximate surface area is 58.2 Å². The van der Waals surface area contributed by atoms with Crippen LogP contribution in [0.2, 0.25) is 0 Å². The van der Waals surface area contributed by atoms with Crippen LogP contribution in [0.3, 0.4) is 0 Å². The first kappa shape index (κ1) is 11.1. The minimum Gasteiger partial charge on any atom is -0.366 e. The van der Waals surface area contributed by atoms with Gasteiger partial charge in [-0.05, 0) is 13.8 Å². The first-order valence-corrected chi connectivity index (χ1v) is 3.07. The Bertz CT molecular complexity index is 106. The van der Waals surface area contributed by atoms with Crippen LogP contribution in [-0.2, 0) is 4.79 Å². The maximum atomic E-state index is 9.96. The van der Waals surface area contributed by atoms with Crippen molar-refractivity contribution < 1.29 is 6.22 Å². The number of hydrogen-bond donors (Lipinski definition) is 1. The molecule has 0 saturated carbocycles. The van der Waals surface area contributed by atoms with Crippen LogP contribution in [0.1, 0.15) is 29.1 Å². The van der Waals surface area contributed by atoms with E-state index in [-0.39, 0.29) is 7.33 Å². The number of hydrogen-bond acceptors (Lipinski definition) is 1. The molecule has 0 aliphatic carbocycles. The molecule has 0 radical (unpaired) electrons. The number of amides is 1. The Morgan fingerprint density at radius 1 is 1.44 bits per heavy atom. The standard InChI is InChI=1S/C5H9NO.C2H6.H2/c1-4(2)3-5(6)7;1-2;/h3H,1-2H3,(H2,6,7);1-2H3;1H. The zero-order valence-electron chi connectivity index (χ0n) is 6.56. The van der Waals surface area contributed by atoms with Crippen molar-refractivity contribution in [3.05, 3.63) is 11.6 Å². The van der Waals surface area contributed by atoms with E-state index in [0.29, 0.717) is 0 Å². The van der Waals surface area contributed by atoms with Gasteiger partial charge in [-0.1, -0.05) is 19.4 Å². The van der Waals surface area contributed by atoms with Crippen molar-refractivity contribution >= 4 is 5.91 Å². The first-order chi connectivity index (χ1) is 4.13. The fourth-order valence-electron chi connectivity index (χ4n) is 0.285. The molecule has 0 atom stereocenters. The lowest BCUT2D eigenvalue weighted by molar-refractivity contribution is -0.113. The van der Waals surface area contributed by atoms with Gasteiger partial charge in [0.1, 0.15) is 0 Å². The van der Waals surface area contributed by atoms with Gasteiger partial charge in [-0.25, -0.2) is 0 Å². The molecule has 0 aliphatic heterocycles. The predicted molar refractivity (Wildman–Crippen MR) is 42.1 cm³/mol. The normalized spacial score (nSPS) is 6.67. The van der Waals surface area contributed by atoms with Crippen LogP contribution in [0.15, 0.2) is 11.6 Å². The van der Waals surface area contributed by atoms with Gasteiger partial charge >= 0.3 is 0 Å². The van der Waals surface area contributed by atoms with E-state index in [1.807, 2.05) is 27.7 Å². The van der Waals surface area contributed by atoms with Crippen LogP contribution < -0.4 is 5.73 Å². The fourth-order valence-corrected chi connectivity index (χ4v) is 0.285. The Morgan fingerprint density at radius 3 is 1.78 bits per heavy atom. The van der Waals surface area contributed by atoms with Crippen LogP contribution in [0.5, 0.6) is 0 Å². The summed E-state index contributed by atoms with van der Waals surface area (Å²) in [5, 5.41) is 0. The van der Waals surface area contributed by atoms with Gasteiger partial charge in [-0.3, -0.25) is 4.79 Å². The van der Waals surface area contributed by atoms with Crippen molar-refractivity contribution in [1.82, 2.24) is 0 Å². The van der Waals surface area contributed by atoms with Gasteiger partial charge in [0.15, 0.2) is 0 Å². The molecule has 0 heterocycles. The molecule has 1 amide bonds. The average molecular weight is 131 g/mol. The first-order valence-electron chi connectivity index (χ1n) is 3.07.